The molecule has 1 atom stereocenters. The molecule has 9 rings (SSSR count). The molecule has 5 aliphatic rings. The molecule has 1 aliphatic carbocycles. The smallest absolute Gasteiger partial charge is 0.293 e. The molecule has 0 radical (unpaired) electrons. The topological polar surface area (TPSA) is 180 Å². The van der Waals surface area contributed by atoms with Crippen molar-refractivity contribution in [3.8, 4) is 5.75 Å². The Hall–Kier alpha value is -5.65. The normalized spacial score (nSPS) is 22.2. The van der Waals surface area contributed by atoms with Gasteiger partial charge in [-0.15, -0.1) is 0 Å². The first kappa shape index (κ1) is 43.6. The maximum Gasteiger partial charge on any atom is 0.293 e. The number of carbonyl (C=O) groups is 4. The molecule has 18 heteroatoms. The molecule has 1 unspecified atom stereocenters. The lowest BCUT2D eigenvalue weighted by atomic mass is 9.79. The minimum atomic E-state index is -0.768. The van der Waals surface area contributed by atoms with Gasteiger partial charge in [0.25, 0.3) is 17.4 Å². The van der Waals surface area contributed by atoms with Crippen molar-refractivity contribution < 1.29 is 33.0 Å². The minimum absolute atomic E-state index is 0.0401. The number of fused-ring (bicyclic) bond motifs is 2. The lowest BCUT2D eigenvalue weighted by Crippen LogP contribution is -2.58. The van der Waals surface area contributed by atoms with E-state index in [0.29, 0.717) is 45.2 Å². The number of likely N-dealkylation sites (N-methyl/N-ethyl adjacent to an activating group) is 1. The summed E-state index contributed by atoms with van der Waals surface area (Å²) in [6.45, 7) is 6.83. The zero-order chi connectivity index (χ0) is 44.8. The number of pyridine rings is 1. The van der Waals surface area contributed by atoms with Crippen LogP contribution in [0.3, 0.4) is 0 Å². The van der Waals surface area contributed by atoms with Gasteiger partial charge in [-0.05, 0) is 101 Å². The van der Waals surface area contributed by atoms with E-state index < -0.39 is 11.9 Å². The third-order valence-corrected chi connectivity index (χ3v) is 13.7. The summed E-state index contributed by atoms with van der Waals surface area (Å²) < 4.78 is 29.8. The number of nitrogens with zero attached hydrogens (tertiary/aromatic N) is 6. The van der Waals surface area contributed by atoms with E-state index in [1.165, 1.54) is 11.9 Å². The molecule has 338 valence electrons. The molecule has 4 amide bonds. The number of aromatic nitrogens is 3. The van der Waals surface area contributed by atoms with Crippen molar-refractivity contribution in [1.29, 1.82) is 0 Å². The Balaban J connectivity index is 0.746. The second-order valence-electron chi connectivity index (χ2n) is 17.8. The van der Waals surface area contributed by atoms with Crippen molar-refractivity contribution in [2.45, 2.75) is 108 Å². The Morgan fingerprint density at radius 3 is 2.47 bits per heavy atom. The van der Waals surface area contributed by atoms with Crippen LogP contribution < -0.4 is 31.1 Å². The van der Waals surface area contributed by atoms with Gasteiger partial charge in [-0.1, -0.05) is 17.7 Å². The first-order valence-electron chi connectivity index (χ1n) is 22.3. The van der Waals surface area contributed by atoms with E-state index in [1.807, 2.05) is 32.0 Å². The van der Waals surface area contributed by atoms with E-state index in [1.54, 1.807) is 29.0 Å². The SMILES string of the molecule is CNC(=O)COc1cc2cc(Nc3nc(N4CCC(OC5CN([C@H]6CC[C@@H](c7ccc8c(c7F)CN(C7CCC(=O)NC7=O)C8=O)CC6)C5)CC4)ncc3Cl)ccc2n(C(C)C)c1=O. The number of rotatable bonds is 12. The highest BCUT2D eigenvalue weighted by Gasteiger charge is 2.42. The molecule has 4 aliphatic heterocycles. The van der Waals surface area contributed by atoms with Gasteiger partial charge in [-0.3, -0.25) is 34.2 Å². The fourth-order valence-corrected chi connectivity index (χ4v) is 10.1. The van der Waals surface area contributed by atoms with Crippen LogP contribution in [0.2, 0.25) is 5.02 Å². The van der Waals surface area contributed by atoms with Crippen molar-refractivity contribution >= 4 is 63.6 Å². The molecule has 2 aromatic heterocycles. The fourth-order valence-electron chi connectivity index (χ4n) is 9.97. The first-order chi connectivity index (χ1) is 30.8. The molecule has 0 bridgehead atoms. The number of hydrogen-bond acceptors (Lipinski definition) is 12. The van der Waals surface area contributed by atoms with Gasteiger partial charge < -0.3 is 34.5 Å². The summed E-state index contributed by atoms with van der Waals surface area (Å²) in [5.74, 6) is -0.712. The standard InChI is InChI=1S/C46H53ClFN9O7/c1-25(2)57-36-11-6-28(18-27(36)19-38(45(57)62)63-24-40(59)49-3)51-42-35(47)20-50-46(53-42)54-16-14-30(15-17-54)64-31-21-55(22-31)29-7-4-26(5-8-29)32-9-10-33-34(41(32)48)23-56(44(33)61)37-12-13-39(58)52-43(37)60/h6,9-11,18-20,25-26,29-31,37H,4-5,7-8,12-17,21-24H2,1-3H3,(H,49,59)(H,50,51,53)(H,52,58,60)/t26-,29+,37?. The molecule has 3 saturated heterocycles. The molecule has 6 heterocycles. The molecule has 64 heavy (non-hydrogen) atoms. The number of nitrogens with one attached hydrogen (secondary N) is 3. The lowest BCUT2D eigenvalue weighted by molar-refractivity contribution is -0.137. The second kappa shape index (κ2) is 18.1. The maximum atomic E-state index is 16.0. The highest BCUT2D eigenvalue weighted by atomic mass is 35.5. The van der Waals surface area contributed by atoms with Crippen LogP contribution in [-0.2, 0) is 25.7 Å². The number of carbonyl (C=O) groups excluding carboxylic acids is 4. The Morgan fingerprint density at radius 1 is 0.984 bits per heavy atom. The average Bonchev–Trinajstić information content (AvgIpc) is 3.61. The van der Waals surface area contributed by atoms with Gasteiger partial charge in [0.2, 0.25) is 17.8 Å². The number of amides is 4. The molecule has 4 fully saturated rings. The molecule has 3 N–H and O–H groups in total. The third kappa shape index (κ3) is 8.64. The summed E-state index contributed by atoms with van der Waals surface area (Å²) in [7, 11) is 1.51. The van der Waals surface area contributed by atoms with Gasteiger partial charge in [0, 0.05) is 73.9 Å². The molecular weight excluding hydrogens is 845 g/mol. The zero-order valence-electron chi connectivity index (χ0n) is 36.2. The molecule has 0 spiro atoms. The Labute approximate surface area is 374 Å². The number of piperidine rings is 2. The summed E-state index contributed by atoms with van der Waals surface area (Å²) in [6.07, 6.45) is 7.62. The first-order valence-corrected chi connectivity index (χ1v) is 22.7. The van der Waals surface area contributed by atoms with E-state index in [9.17, 15) is 24.0 Å². The van der Waals surface area contributed by atoms with E-state index in [2.05, 4.69) is 30.7 Å². The van der Waals surface area contributed by atoms with Gasteiger partial charge in [-0.2, -0.15) is 4.98 Å². The predicted molar refractivity (Wildman–Crippen MR) is 238 cm³/mol. The second-order valence-corrected chi connectivity index (χ2v) is 18.2. The van der Waals surface area contributed by atoms with E-state index >= 15 is 4.39 Å². The summed E-state index contributed by atoms with van der Waals surface area (Å²) >= 11 is 6.59. The number of imide groups is 1. The summed E-state index contributed by atoms with van der Waals surface area (Å²) in [6, 6.07) is 10.2. The number of halogens is 2. The van der Waals surface area contributed by atoms with Crippen LogP contribution in [0, 0.1) is 5.82 Å². The quantitative estimate of drug-likeness (QED) is 0.159. The van der Waals surface area contributed by atoms with Crippen LogP contribution >= 0.6 is 11.6 Å². The van der Waals surface area contributed by atoms with Crippen LogP contribution in [0.5, 0.6) is 5.75 Å². The van der Waals surface area contributed by atoms with Crippen molar-refractivity contribution in [1.82, 2.24) is 35.0 Å². The van der Waals surface area contributed by atoms with Crippen LogP contribution in [0.15, 0.2) is 47.4 Å². The lowest BCUT2D eigenvalue weighted by Gasteiger charge is -2.47. The van der Waals surface area contributed by atoms with Crippen LogP contribution in [0.4, 0.5) is 21.8 Å². The summed E-state index contributed by atoms with van der Waals surface area (Å²) in [4.78, 5) is 77.7. The Morgan fingerprint density at radius 2 is 1.75 bits per heavy atom. The number of likely N-dealkylation sites (tertiary alicyclic amines) is 1. The molecule has 2 aromatic carbocycles. The van der Waals surface area contributed by atoms with Crippen molar-refractivity contribution in [2.75, 3.05) is 50.1 Å². The van der Waals surface area contributed by atoms with E-state index in [-0.39, 0.29) is 85.0 Å². The highest BCUT2D eigenvalue weighted by molar-refractivity contribution is 6.33. The number of hydrogen-bond donors (Lipinski definition) is 3. The van der Waals surface area contributed by atoms with Crippen molar-refractivity contribution in [2.24, 2.45) is 0 Å². The van der Waals surface area contributed by atoms with Crippen molar-refractivity contribution in [3.63, 3.8) is 0 Å². The predicted octanol–water partition coefficient (Wildman–Crippen LogP) is 5.19. The zero-order valence-corrected chi connectivity index (χ0v) is 37.0. The largest absolute Gasteiger partial charge is 0.478 e. The van der Waals surface area contributed by atoms with Gasteiger partial charge in [0.1, 0.15) is 16.9 Å². The van der Waals surface area contributed by atoms with Crippen molar-refractivity contribution in [3.05, 3.63) is 80.5 Å². The Kier molecular flexibility index (Phi) is 12.3. The van der Waals surface area contributed by atoms with E-state index in [4.69, 9.17) is 26.1 Å². The minimum Gasteiger partial charge on any atom is -0.478 e. The number of anilines is 3. The van der Waals surface area contributed by atoms with Crippen LogP contribution in [-0.4, -0.2) is 112 Å². The van der Waals surface area contributed by atoms with Crippen LogP contribution in [0.1, 0.15) is 98.7 Å². The molecule has 16 nitrogen and oxygen atoms in total. The fraction of sp³-hybridized carbons (Fsp3) is 0.500. The highest BCUT2D eigenvalue weighted by Crippen LogP contribution is 2.41. The van der Waals surface area contributed by atoms with Gasteiger partial charge in [0.05, 0.1) is 30.5 Å². The number of ether oxygens (including phenoxy) is 2. The van der Waals surface area contributed by atoms with Crippen LogP contribution in [0.25, 0.3) is 10.9 Å². The summed E-state index contributed by atoms with van der Waals surface area (Å²) in [5, 5.41) is 9.23. The molecular formula is C46H53ClFN9O7. The van der Waals surface area contributed by atoms with Gasteiger partial charge in [0.15, 0.2) is 18.2 Å². The molecule has 4 aromatic rings. The summed E-state index contributed by atoms with van der Waals surface area (Å²) in [5.41, 5.74) is 2.42. The monoisotopic (exact) mass is 897 g/mol. The van der Waals surface area contributed by atoms with E-state index in [0.717, 1.165) is 75.6 Å². The third-order valence-electron chi connectivity index (χ3n) is 13.5. The van der Waals surface area contributed by atoms with Gasteiger partial charge >= 0.3 is 0 Å². The number of benzene rings is 2. The molecule has 1 saturated carbocycles. The average molecular weight is 898 g/mol. The maximum absolute atomic E-state index is 16.0. The van der Waals surface area contributed by atoms with Gasteiger partial charge in [-0.25, -0.2) is 9.37 Å². The Bertz CT molecular complexity index is 2550.